The fourth-order valence-electron chi connectivity index (χ4n) is 3.26. The first-order valence-electron chi connectivity index (χ1n) is 8.12. The molecule has 0 spiro atoms. The molecule has 2 atom stereocenters. The van der Waals surface area contributed by atoms with Crippen molar-refractivity contribution >= 4 is 0 Å². The molecule has 0 radical (unpaired) electrons. The summed E-state index contributed by atoms with van der Waals surface area (Å²) >= 11 is 0. The van der Waals surface area contributed by atoms with Gasteiger partial charge >= 0.3 is 0 Å². The molecule has 1 N–H and O–H groups in total. The molecule has 0 bridgehead atoms. The Kier molecular flexibility index (Phi) is 7.00. The van der Waals surface area contributed by atoms with Gasteiger partial charge in [0.15, 0.2) is 0 Å². The van der Waals surface area contributed by atoms with Crippen molar-refractivity contribution in [1.82, 2.24) is 9.80 Å². The molecule has 0 aliphatic carbocycles. The van der Waals surface area contributed by atoms with E-state index in [4.69, 9.17) is 4.74 Å². The minimum absolute atomic E-state index is 0.210. The second kappa shape index (κ2) is 8.78. The van der Waals surface area contributed by atoms with Gasteiger partial charge in [0, 0.05) is 32.2 Å². The van der Waals surface area contributed by atoms with Gasteiger partial charge in [-0.2, -0.15) is 0 Å². The van der Waals surface area contributed by atoms with Gasteiger partial charge in [-0.3, -0.25) is 9.80 Å². The van der Waals surface area contributed by atoms with Gasteiger partial charge in [-0.15, -0.1) is 6.58 Å². The Morgan fingerprint density at radius 1 is 1.25 bits per heavy atom. The fourth-order valence-corrected chi connectivity index (χ4v) is 3.26. The van der Waals surface area contributed by atoms with Gasteiger partial charge in [0.05, 0.1) is 19.3 Å². The molecule has 2 fully saturated rings. The van der Waals surface area contributed by atoms with Crippen LogP contribution < -0.4 is 0 Å². The second-order valence-electron chi connectivity index (χ2n) is 6.08. The molecule has 4 heteroatoms. The average molecular weight is 282 g/mol. The number of β-amino-alcohol motifs (C(OH)–C–C–N with tert-alkyl or cyclic N) is 1. The molecule has 4 nitrogen and oxygen atoms in total. The Hall–Kier alpha value is -0.420. The number of aliphatic hydroxyl groups excluding tert-OH is 1. The van der Waals surface area contributed by atoms with E-state index in [1.807, 2.05) is 6.08 Å². The van der Waals surface area contributed by atoms with Crippen LogP contribution in [0.3, 0.4) is 0 Å². The van der Waals surface area contributed by atoms with Crippen LogP contribution in [0, 0.1) is 0 Å². The molecule has 0 aromatic rings. The molecular formula is C16H30N2O2. The van der Waals surface area contributed by atoms with Crippen molar-refractivity contribution in [2.75, 3.05) is 45.9 Å². The maximum absolute atomic E-state index is 10.1. The van der Waals surface area contributed by atoms with Gasteiger partial charge in [0.2, 0.25) is 0 Å². The molecule has 2 saturated heterocycles. The van der Waals surface area contributed by atoms with E-state index in [2.05, 4.69) is 16.4 Å². The maximum Gasteiger partial charge on any atom is 0.0670 e. The highest BCUT2D eigenvalue weighted by Gasteiger charge is 2.26. The number of morpholine rings is 1. The first kappa shape index (κ1) is 16.0. The van der Waals surface area contributed by atoms with E-state index in [9.17, 15) is 5.11 Å². The molecule has 20 heavy (non-hydrogen) atoms. The Morgan fingerprint density at radius 3 is 2.80 bits per heavy atom. The monoisotopic (exact) mass is 282 g/mol. The van der Waals surface area contributed by atoms with E-state index in [0.717, 1.165) is 58.8 Å². The fraction of sp³-hybridized carbons (Fsp3) is 0.875. The third kappa shape index (κ3) is 5.17. The molecule has 2 unspecified atom stereocenters. The molecule has 0 amide bonds. The van der Waals surface area contributed by atoms with Crippen molar-refractivity contribution in [2.45, 2.75) is 44.2 Å². The van der Waals surface area contributed by atoms with Crippen LogP contribution in [0.1, 0.15) is 32.1 Å². The number of likely N-dealkylation sites (tertiary alicyclic amines) is 1. The van der Waals surface area contributed by atoms with Gasteiger partial charge in [-0.05, 0) is 32.2 Å². The molecule has 0 aromatic carbocycles. The molecular weight excluding hydrogens is 252 g/mol. The Balaban J connectivity index is 1.79. The van der Waals surface area contributed by atoms with E-state index in [1.54, 1.807) is 0 Å². The Labute approximate surface area is 123 Å². The van der Waals surface area contributed by atoms with Crippen LogP contribution in [-0.4, -0.2) is 73.0 Å². The van der Waals surface area contributed by atoms with E-state index < -0.39 is 0 Å². The zero-order valence-electron chi connectivity index (χ0n) is 12.7. The lowest BCUT2D eigenvalue weighted by Crippen LogP contribution is -2.51. The standard InChI is InChI=1S/C16H30N2O2/c1-2-3-7-16(19)14-18-8-5-4-6-15(18)13-17-9-11-20-12-10-17/h2,15-16,19H,1,3-14H2. The minimum Gasteiger partial charge on any atom is -0.392 e. The van der Waals surface area contributed by atoms with E-state index in [1.165, 1.54) is 19.3 Å². The average Bonchev–Trinajstić information content (AvgIpc) is 2.48. The number of allylic oxidation sites excluding steroid dienone is 1. The van der Waals surface area contributed by atoms with Crippen LogP contribution in [0.15, 0.2) is 12.7 Å². The number of hydrogen-bond donors (Lipinski definition) is 1. The summed E-state index contributed by atoms with van der Waals surface area (Å²) in [6, 6.07) is 0.611. The summed E-state index contributed by atoms with van der Waals surface area (Å²) in [5.41, 5.74) is 0. The van der Waals surface area contributed by atoms with Gasteiger partial charge in [-0.1, -0.05) is 12.5 Å². The summed E-state index contributed by atoms with van der Waals surface area (Å²) in [4.78, 5) is 5.02. The van der Waals surface area contributed by atoms with Crippen LogP contribution in [0.5, 0.6) is 0 Å². The molecule has 0 saturated carbocycles. The van der Waals surface area contributed by atoms with Gasteiger partial charge in [-0.25, -0.2) is 0 Å². The lowest BCUT2D eigenvalue weighted by atomic mass is 10.00. The van der Waals surface area contributed by atoms with Gasteiger partial charge in [0.25, 0.3) is 0 Å². The number of piperidine rings is 1. The zero-order chi connectivity index (χ0) is 14.2. The normalized spacial score (nSPS) is 27.4. The molecule has 116 valence electrons. The largest absolute Gasteiger partial charge is 0.392 e. The molecule has 2 aliphatic heterocycles. The lowest BCUT2D eigenvalue weighted by molar-refractivity contribution is 0.00625. The lowest BCUT2D eigenvalue weighted by Gasteiger charge is -2.40. The van der Waals surface area contributed by atoms with Crippen molar-refractivity contribution in [3.63, 3.8) is 0 Å². The third-order valence-corrected chi connectivity index (χ3v) is 4.47. The summed E-state index contributed by atoms with van der Waals surface area (Å²) in [5.74, 6) is 0. The summed E-state index contributed by atoms with van der Waals surface area (Å²) in [5, 5.41) is 10.1. The van der Waals surface area contributed by atoms with Gasteiger partial charge in [0.1, 0.15) is 0 Å². The van der Waals surface area contributed by atoms with E-state index >= 15 is 0 Å². The second-order valence-corrected chi connectivity index (χ2v) is 6.08. The van der Waals surface area contributed by atoms with Gasteiger partial charge < -0.3 is 9.84 Å². The maximum atomic E-state index is 10.1. The predicted octanol–water partition coefficient (Wildman–Crippen LogP) is 1.50. The molecule has 2 heterocycles. The number of ether oxygens (including phenoxy) is 1. The van der Waals surface area contributed by atoms with Crippen LogP contribution in [-0.2, 0) is 4.74 Å². The van der Waals surface area contributed by atoms with Crippen molar-refractivity contribution in [3.05, 3.63) is 12.7 Å². The summed E-state index contributed by atoms with van der Waals surface area (Å²) in [6.07, 6.45) is 7.30. The number of hydrogen-bond acceptors (Lipinski definition) is 4. The minimum atomic E-state index is -0.210. The highest BCUT2D eigenvalue weighted by molar-refractivity contribution is 4.83. The van der Waals surface area contributed by atoms with Crippen LogP contribution in [0.25, 0.3) is 0 Å². The molecule has 0 aromatic heterocycles. The van der Waals surface area contributed by atoms with Crippen LogP contribution in [0.2, 0.25) is 0 Å². The summed E-state index contributed by atoms with van der Waals surface area (Å²) in [6.45, 7) is 10.7. The van der Waals surface area contributed by atoms with Crippen LogP contribution >= 0.6 is 0 Å². The predicted molar refractivity (Wildman–Crippen MR) is 81.9 cm³/mol. The highest BCUT2D eigenvalue weighted by Crippen LogP contribution is 2.19. The Bertz CT molecular complexity index is 280. The topological polar surface area (TPSA) is 35.9 Å². The van der Waals surface area contributed by atoms with Crippen molar-refractivity contribution < 1.29 is 9.84 Å². The Morgan fingerprint density at radius 2 is 2.05 bits per heavy atom. The molecule has 2 aliphatic rings. The third-order valence-electron chi connectivity index (χ3n) is 4.47. The number of rotatable bonds is 7. The van der Waals surface area contributed by atoms with Crippen molar-refractivity contribution in [3.8, 4) is 0 Å². The van der Waals surface area contributed by atoms with E-state index in [0.29, 0.717) is 6.04 Å². The number of aliphatic hydroxyl groups is 1. The van der Waals surface area contributed by atoms with Crippen molar-refractivity contribution in [1.29, 1.82) is 0 Å². The highest BCUT2D eigenvalue weighted by atomic mass is 16.5. The zero-order valence-corrected chi connectivity index (χ0v) is 12.7. The summed E-state index contributed by atoms with van der Waals surface area (Å²) in [7, 11) is 0. The number of nitrogens with zero attached hydrogens (tertiary/aromatic N) is 2. The quantitative estimate of drug-likeness (QED) is 0.718. The first-order chi connectivity index (χ1) is 9.79. The van der Waals surface area contributed by atoms with Crippen molar-refractivity contribution in [2.24, 2.45) is 0 Å². The molecule has 2 rings (SSSR count). The van der Waals surface area contributed by atoms with Crippen LogP contribution in [0.4, 0.5) is 0 Å². The first-order valence-corrected chi connectivity index (χ1v) is 8.12. The summed E-state index contributed by atoms with van der Waals surface area (Å²) < 4.78 is 5.42. The SMILES string of the molecule is C=CCCC(O)CN1CCCCC1CN1CCOCC1. The van der Waals surface area contributed by atoms with E-state index in [-0.39, 0.29) is 6.10 Å². The smallest absolute Gasteiger partial charge is 0.0670 e.